The van der Waals surface area contributed by atoms with Crippen LogP contribution < -0.4 is 0 Å². The van der Waals surface area contributed by atoms with Crippen LogP contribution in [0.2, 0.25) is 22.7 Å². The molecule has 0 bridgehead atoms. The zero-order valence-electron chi connectivity index (χ0n) is 10.1. The monoisotopic (exact) mass is 201 g/mol. The molecule has 2 heteroatoms. The summed E-state index contributed by atoms with van der Waals surface area (Å²) in [4.78, 5) is 0. The van der Waals surface area contributed by atoms with Crippen LogP contribution in [-0.2, 0) is 5.11 Å². The molecule has 0 N–H and O–H groups in total. The summed E-state index contributed by atoms with van der Waals surface area (Å²) in [6.45, 7) is 14.0. The Kier molecular flexibility index (Phi) is 5.23. The van der Waals surface area contributed by atoms with Crippen LogP contribution >= 0.6 is 0 Å². The van der Waals surface area contributed by atoms with Crippen molar-refractivity contribution in [2.45, 2.75) is 64.2 Å². The van der Waals surface area contributed by atoms with Gasteiger partial charge in [-0.25, -0.2) is 5.11 Å². The normalized spacial score (nSPS) is 13.4. The van der Waals surface area contributed by atoms with Gasteiger partial charge < -0.3 is 0 Å². The molecule has 0 spiro atoms. The lowest BCUT2D eigenvalue weighted by molar-refractivity contribution is 0.209. The summed E-state index contributed by atoms with van der Waals surface area (Å²) >= 11 is 0. The van der Waals surface area contributed by atoms with Crippen molar-refractivity contribution < 1.29 is 5.11 Å². The van der Waals surface area contributed by atoms with Crippen LogP contribution in [-0.4, -0.2) is 14.7 Å². The van der Waals surface area contributed by atoms with Gasteiger partial charge in [-0.2, -0.15) is 0 Å². The summed E-state index contributed by atoms with van der Waals surface area (Å²) in [7, 11) is -1.34. The van der Waals surface area contributed by atoms with E-state index in [0.29, 0.717) is 0 Å². The molecule has 0 heterocycles. The van der Waals surface area contributed by atoms with E-state index >= 15 is 0 Å². The molecule has 1 nitrogen and oxygen atoms in total. The zero-order chi connectivity index (χ0) is 10.6. The molecule has 0 aliphatic rings. The summed E-state index contributed by atoms with van der Waals surface area (Å²) in [5.41, 5.74) is 2.21. The van der Waals surface area contributed by atoms with Gasteiger partial charge in [-0.15, -0.1) is 0 Å². The molecule has 13 heavy (non-hydrogen) atoms. The fourth-order valence-corrected chi connectivity index (χ4v) is 9.13. The molecule has 0 amide bonds. The fourth-order valence-electron chi connectivity index (χ4n) is 3.04. The third-order valence-corrected chi connectivity index (χ3v) is 11.3. The van der Waals surface area contributed by atoms with Crippen molar-refractivity contribution >= 4 is 8.07 Å². The van der Waals surface area contributed by atoms with Gasteiger partial charge in [0.1, 0.15) is 0 Å². The predicted molar refractivity (Wildman–Crippen MR) is 61.4 cm³/mol. The Balaban J connectivity index is 4.82. The van der Waals surface area contributed by atoms with E-state index in [2.05, 4.69) is 41.5 Å². The van der Waals surface area contributed by atoms with Crippen molar-refractivity contribution in [1.29, 1.82) is 0 Å². The quantitative estimate of drug-likeness (QED) is 0.597. The third-order valence-electron chi connectivity index (χ3n) is 3.76. The Bertz CT molecular complexity index is 119. The van der Waals surface area contributed by atoms with Gasteiger partial charge >= 0.3 is 0 Å². The van der Waals surface area contributed by atoms with Gasteiger partial charge in [-0.1, -0.05) is 58.2 Å². The van der Waals surface area contributed by atoms with E-state index in [1.165, 1.54) is 0 Å². The first kappa shape index (κ1) is 13.2. The van der Waals surface area contributed by atoms with Crippen LogP contribution in [0.15, 0.2) is 0 Å². The Morgan fingerprint density at radius 3 is 1.23 bits per heavy atom. The minimum Gasteiger partial charge on any atom is -0.237 e. The minimum absolute atomic E-state index is 0.126. The largest absolute Gasteiger partial charge is 0.237 e. The van der Waals surface area contributed by atoms with Crippen molar-refractivity contribution in [1.82, 2.24) is 0 Å². The minimum atomic E-state index is -1.34. The van der Waals surface area contributed by atoms with Crippen LogP contribution in [0, 0.1) is 0 Å². The molecule has 0 aromatic heterocycles. The van der Waals surface area contributed by atoms with Gasteiger partial charge in [0, 0.05) is 0 Å². The molecule has 0 unspecified atom stereocenters. The van der Waals surface area contributed by atoms with Gasteiger partial charge in [0.05, 0.1) is 14.7 Å². The first-order chi connectivity index (χ1) is 5.89. The van der Waals surface area contributed by atoms with Gasteiger partial charge in [0.15, 0.2) is 0 Å². The summed E-state index contributed by atoms with van der Waals surface area (Å²) in [6, 6.07) is 0.958. The molecule has 1 radical (unpaired) electrons. The topological polar surface area (TPSA) is 19.9 Å². The summed E-state index contributed by atoms with van der Waals surface area (Å²) in [5.74, 6) is 0. The van der Waals surface area contributed by atoms with Crippen molar-refractivity contribution in [3.8, 4) is 0 Å². The van der Waals surface area contributed by atoms with E-state index in [1.54, 1.807) is 0 Å². The SMILES string of the molecule is CC(C)[Si](CC[O])(C(C)C)C(C)C. The summed E-state index contributed by atoms with van der Waals surface area (Å²) in [5, 5.41) is 10.9. The first-order valence-electron chi connectivity index (χ1n) is 5.47. The van der Waals surface area contributed by atoms with Gasteiger partial charge in [-0.05, 0) is 6.04 Å². The lowest BCUT2D eigenvalue weighted by Gasteiger charge is -2.42. The highest BCUT2D eigenvalue weighted by molar-refractivity contribution is 6.83. The number of hydrogen-bond acceptors (Lipinski definition) is 0. The molecule has 0 fully saturated rings. The smallest absolute Gasteiger partial charge is 0.0799 e. The average molecular weight is 201 g/mol. The molecule has 79 valence electrons. The second-order valence-corrected chi connectivity index (χ2v) is 11.2. The molecule has 0 atom stereocenters. The van der Waals surface area contributed by atoms with Crippen LogP contribution in [0.25, 0.3) is 0 Å². The maximum absolute atomic E-state index is 10.9. The van der Waals surface area contributed by atoms with E-state index in [1.807, 2.05) is 0 Å². The Hall–Kier alpha value is 0.177. The van der Waals surface area contributed by atoms with E-state index in [9.17, 15) is 5.11 Å². The molecule has 0 aromatic carbocycles. The molecule has 0 saturated carbocycles. The van der Waals surface area contributed by atoms with Crippen LogP contribution in [0.1, 0.15) is 41.5 Å². The summed E-state index contributed by atoms with van der Waals surface area (Å²) < 4.78 is 0. The highest BCUT2D eigenvalue weighted by Gasteiger charge is 2.41. The second kappa shape index (κ2) is 5.16. The lowest BCUT2D eigenvalue weighted by Crippen LogP contribution is -2.44. The first-order valence-corrected chi connectivity index (χ1v) is 7.91. The third kappa shape index (κ3) is 2.56. The van der Waals surface area contributed by atoms with Crippen molar-refractivity contribution in [3.63, 3.8) is 0 Å². The second-order valence-electron chi connectivity index (χ2n) is 5.03. The summed E-state index contributed by atoms with van der Waals surface area (Å²) in [6.07, 6.45) is 0. The van der Waals surface area contributed by atoms with Gasteiger partial charge in [0.25, 0.3) is 0 Å². The van der Waals surface area contributed by atoms with Crippen molar-refractivity contribution in [3.05, 3.63) is 0 Å². The molecular weight excluding hydrogens is 176 g/mol. The predicted octanol–water partition coefficient (Wildman–Crippen LogP) is 4.10. The van der Waals surface area contributed by atoms with Crippen LogP contribution in [0.5, 0.6) is 0 Å². The maximum atomic E-state index is 10.9. The van der Waals surface area contributed by atoms with Crippen molar-refractivity contribution in [2.75, 3.05) is 6.61 Å². The van der Waals surface area contributed by atoms with E-state index in [4.69, 9.17) is 0 Å². The van der Waals surface area contributed by atoms with E-state index < -0.39 is 8.07 Å². The highest BCUT2D eigenvalue weighted by atomic mass is 28.3. The fraction of sp³-hybridized carbons (Fsp3) is 1.00. The number of rotatable bonds is 5. The highest BCUT2D eigenvalue weighted by Crippen LogP contribution is 2.43. The van der Waals surface area contributed by atoms with E-state index in [-0.39, 0.29) is 6.61 Å². The zero-order valence-corrected chi connectivity index (χ0v) is 11.1. The molecule has 0 rings (SSSR count). The Labute approximate surface area is 84.6 Å². The number of hydrogen-bond donors (Lipinski definition) is 0. The average Bonchev–Trinajstić information content (AvgIpc) is 1.97. The van der Waals surface area contributed by atoms with Gasteiger partial charge in [-0.3, -0.25) is 0 Å². The maximum Gasteiger partial charge on any atom is 0.0799 e. The molecular formula is C11H25OSi. The van der Waals surface area contributed by atoms with Crippen molar-refractivity contribution in [2.24, 2.45) is 0 Å². The standard InChI is InChI=1S/C11H25OSi/c1-9(2)13(8-7-12,10(3)4)11(5)6/h9-11H,7-8H2,1-6H3. The van der Waals surface area contributed by atoms with Gasteiger partial charge in [0.2, 0.25) is 0 Å². The van der Waals surface area contributed by atoms with E-state index in [0.717, 1.165) is 22.7 Å². The molecule has 0 aliphatic heterocycles. The molecule has 0 aliphatic carbocycles. The molecule has 0 aromatic rings. The van der Waals surface area contributed by atoms with Crippen LogP contribution in [0.4, 0.5) is 0 Å². The molecule has 0 saturated heterocycles. The Morgan fingerprint density at radius 1 is 0.846 bits per heavy atom. The van der Waals surface area contributed by atoms with Crippen LogP contribution in [0.3, 0.4) is 0 Å². The lowest BCUT2D eigenvalue weighted by atomic mass is 10.5. The Morgan fingerprint density at radius 2 is 1.15 bits per heavy atom.